The fourth-order valence-electron chi connectivity index (χ4n) is 1.07. The van der Waals surface area contributed by atoms with Crippen molar-refractivity contribution in [2.24, 2.45) is 0 Å². The molecule has 1 saturated heterocycles. The molecule has 0 saturated carbocycles. The molecule has 0 radical (unpaired) electrons. The highest BCUT2D eigenvalue weighted by Crippen LogP contribution is 2.16. The van der Waals surface area contributed by atoms with Crippen molar-refractivity contribution in [2.75, 3.05) is 13.2 Å². The monoisotopic (exact) mass is 164 g/mol. The molecule has 0 aromatic carbocycles. The summed E-state index contributed by atoms with van der Waals surface area (Å²) in [6.07, 6.45) is -4.05. The molecular formula is C6H12O5. The maximum Gasteiger partial charge on any atom is 0.114 e. The Hall–Kier alpha value is -0.200. The fourth-order valence-corrected chi connectivity index (χ4v) is 1.07. The molecule has 0 aromatic heterocycles. The van der Waals surface area contributed by atoms with E-state index < -0.39 is 31.0 Å². The summed E-state index contributed by atoms with van der Waals surface area (Å²) in [5.74, 6) is 0. The number of rotatable bonds is 2. The summed E-state index contributed by atoms with van der Waals surface area (Å²) >= 11 is 0. The van der Waals surface area contributed by atoms with E-state index in [2.05, 4.69) is 0 Å². The molecule has 3 unspecified atom stereocenters. The molecule has 0 aromatic rings. The minimum absolute atomic E-state index is 0.00287. The summed E-state index contributed by atoms with van der Waals surface area (Å²) in [7, 11) is 0. The number of ether oxygens (including phenoxy) is 1. The summed E-state index contributed by atoms with van der Waals surface area (Å²) in [4.78, 5) is 0. The van der Waals surface area contributed by atoms with Crippen molar-refractivity contribution < 1.29 is 25.2 Å². The van der Waals surface area contributed by atoms with Crippen molar-refractivity contribution in [1.82, 2.24) is 0 Å². The van der Waals surface area contributed by atoms with Crippen LogP contribution in [0.2, 0.25) is 0 Å². The van der Waals surface area contributed by atoms with Gasteiger partial charge in [0.25, 0.3) is 0 Å². The van der Waals surface area contributed by atoms with Crippen LogP contribution in [0.3, 0.4) is 0 Å². The zero-order valence-corrected chi connectivity index (χ0v) is 5.92. The standard InChI is InChI=1S/C6H12O5/c7-1-3(8)6-5(10)4(9)2-11-6/h3-10H,1-2H2/t3?,4?,5-,6?/m1/s1. The van der Waals surface area contributed by atoms with Gasteiger partial charge in [0.05, 0.1) is 13.2 Å². The molecule has 1 rings (SSSR count). The van der Waals surface area contributed by atoms with Gasteiger partial charge in [0, 0.05) is 0 Å². The van der Waals surface area contributed by atoms with Gasteiger partial charge in [-0.15, -0.1) is 0 Å². The van der Waals surface area contributed by atoms with Gasteiger partial charge in [0.2, 0.25) is 0 Å². The van der Waals surface area contributed by atoms with Crippen LogP contribution in [0.15, 0.2) is 0 Å². The first-order valence-electron chi connectivity index (χ1n) is 3.43. The van der Waals surface area contributed by atoms with E-state index in [1.807, 2.05) is 0 Å². The number of hydrogen-bond donors (Lipinski definition) is 4. The Morgan fingerprint density at radius 3 is 2.45 bits per heavy atom. The molecule has 66 valence electrons. The molecule has 4 N–H and O–H groups in total. The Balaban J connectivity index is 2.47. The Morgan fingerprint density at radius 1 is 1.45 bits per heavy atom. The van der Waals surface area contributed by atoms with Crippen molar-refractivity contribution in [3.63, 3.8) is 0 Å². The maximum atomic E-state index is 9.11. The Morgan fingerprint density at radius 2 is 2.09 bits per heavy atom. The molecule has 5 nitrogen and oxygen atoms in total. The van der Waals surface area contributed by atoms with Gasteiger partial charge >= 0.3 is 0 Å². The first kappa shape index (κ1) is 8.89. The molecule has 0 bridgehead atoms. The molecule has 11 heavy (non-hydrogen) atoms. The average molecular weight is 164 g/mol. The lowest BCUT2D eigenvalue weighted by Crippen LogP contribution is -2.40. The molecular weight excluding hydrogens is 152 g/mol. The van der Waals surface area contributed by atoms with Crippen molar-refractivity contribution >= 4 is 0 Å². The SMILES string of the molecule is OCC(O)C1OCC(O)[C@H]1O. The van der Waals surface area contributed by atoms with Crippen molar-refractivity contribution in [3.05, 3.63) is 0 Å². The third kappa shape index (κ3) is 1.69. The summed E-state index contributed by atoms with van der Waals surface area (Å²) in [6.45, 7) is -0.475. The van der Waals surface area contributed by atoms with Gasteiger partial charge in [-0.2, -0.15) is 0 Å². The van der Waals surface area contributed by atoms with Gasteiger partial charge in [0.1, 0.15) is 24.4 Å². The van der Waals surface area contributed by atoms with Crippen LogP contribution in [0, 0.1) is 0 Å². The normalized spacial score (nSPS) is 40.9. The van der Waals surface area contributed by atoms with Gasteiger partial charge in [-0.3, -0.25) is 0 Å². The predicted molar refractivity (Wildman–Crippen MR) is 34.8 cm³/mol. The Kier molecular flexibility index (Phi) is 2.80. The fraction of sp³-hybridized carbons (Fsp3) is 1.00. The first-order valence-corrected chi connectivity index (χ1v) is 3.43. The predicted octanol–water partition coefficient (Wildman–Crippen LogP) is -2.54. The van der Waals surface area contributed by atoms with E-state index in [1.54, 1.807) is 0 Å². The molecule has 1 fully saturated rings. The third-order valence-corrected chi connectivity index (χ3v) is 1.76. The van der Waals surface area contributed by atoms with Crippen LogP contribution in [0.4, 0.5) is 0 Å². The van der Waals surface area contributed by atoms with Gasteiger partial charge in [0.15, 0.2) is 0 Å². The maximum absolute atomic E-state index is 9.11. The van der Waals surface area contributed by atoms with Crippen LogP contribution < -0.4 is 0 Å². The summed E-state index contributed by atoms with van der Waals surface area (Å²) in [5.41, 5.74) is 0. The molecule has 0 aliphatic carbocycles. The second-order valence-electron chi connectivity index (χ2n) is 2.61. The van der Waals surface area contributed by atoms with Gasteiger partial charge in [-0.1, -0.05) is 0 Å². The van der Waals surface area contributed by atoms with Crippen molar-refractivity contribution in [1.29, 1.82) is 0 Å². The first-order chi connectivity index (χ1) is 5.16. The molecule has 1 aliphatic rings. The van der Waals surface area contributed by atoms with E-state index in [4.69, 9.17) is 25.2 Å². The summed E-state index contributed by atoms with van der Waals surface area (Å²) < 4.78 is 4.82. The molecule has 0 spiro atoms. The van der Waals surface area contributed by atoms with E-state index in [1.165, 1.54) is 0 Å². The third-order valence-electron chi connectivity index (χ3n) is 1.76. The lowest BCUT2D eigenvalue weighted by Gasteiger charge is -2.18. The zero-order chi connectivity index (χ0) is 8.43. The molecule has 4 atom stereocenters. The second kappa shape index (κ2) is 3.46. The molecule has 0 amide bonds. The largest absolute Gasteiger partial charge is 0.394 e. The highest BCUT2D eigenvalue weighted by molar-refractivity contribution is 4.87. The van der Waals surface area contributed by atoms with Crippen LogP contribution in [0.1, 0.15) is 0 Å². The lowest BCUT2D eigenvalue weighted by atomic mass is 10.1. The van der Waals surface area contributed by atoms with E-state index >= 15 is 0 Å². The van der Waals surface area contributed by atoms with Crippen molar-refractivity contribution in [3.8, 4) is 0 Å². The van der Waals surface area contributed by atoms with Crippen LogP contribution in [-0.4, -0.2) is 58.1 Å². The molecule has 5 heteroatoms. The molecule has 1 heterocycles. The highest BCUT2D eigenvalue weighted by Gasteiger charge is 2.38. The Bertz CT molecular complexity index is 128. The van der Waals surface area contributed by atoms with Crippen LogP contribution >= 0.6 is 0 Å². The van der Waals surface area contributed by atoms with Gasteiger partial charge in [-0.05, 0) is 0 Å². The van der Waals surface area contributed by atoms with Crippen molar-refractivity contribution in [2.45, 2.75) is 24.4 Å². The minimum Gasteiger partial charge on any atom is -0.394 e. The van der Waals surface area contributed by atoms with E-state index in [9.17, 15) is 0 Å². The summed E-state index contributed by atoms with van der Waals surface area (Å²) in [5, 5.41) is 35.5. The quantitative estimate of drug-likeness (QED) is 0.361. The average Bonchev–Trinajstić information content (AvgIpc) is 2.32. The van der Waals surface area contributed by atoms with Crippen LogP contribution in [0.5, 0.6) is 0 Å². The topological polar surface area (TPSA) is 90.2 Å². The second-order valence-corrected chi connectivity index (χ2v) is 2.61. The van der Waals surface area contributed by atoms with Gasteiger partial charge < -0.3 is 25.2 Å². The smallest absolute Gasteiger partial charge is 0.114 e. The number of aliphatic hydroxyl groups excluding tert-OH is 4. The van der Waals surface area contributed by atoms with E-state index in [0.717, 1.165) is 0 Å². The Labute approximate surface area is 63.8 Å². The highest BCUT2D eigenvalue weighted by atomic mass is 16.5. The number of hydrogen-bond acceptors (Lipinski definition) is 5. The van der Waals surface area contributed by atoms with E-state index in [-0.39, 0.29) is 6.61 Å². The molecule has 1 aliphatic heterocycles. The van der Waals surface area contributed by atoms with E-state index in [0.29, 0.717) is 0 Å². The lowest BCUT2D eigenvalue weighted by molar-refractivity contribution is -0.0684. The van der Waals surface area contributed by atoms with Crippen LogP contribution in [0.25, 0.3) is 0 Å². The minimum atomic E-state index is -1.12. The van der Waals surface area contributed by atoms with Gasteiger partial charge in [-0.25, -0.2) is 0 Å². The number of aliphatic hydroxyl groups is 4. The summed E-state index contributed by atoms with van der Waals surface area (Å²) in [6, 6.07) is 0. The van der Waals surface area contributed by atoms with Crippen LogP contribution in [-0.2, 0) is 4.74 Å². The zero-order valence-electron chi connectivity index (χ0n) is 5.92.